The average molecular weight is 321 g/mol. The maximum atomic E-state index is 12.8. The number of nitrogens with one attached hydrogen (secondary N) is 2. The van der Waals surface area contributed by atoms with E-state index in [9.17, 15) is 4.79 Å². The van der Waals surface area contributed by atoms with Crippen molar-refractivity contribution in [2.75, 3.05) is 6.54 Å². The Balaban J connectivity index is 1.58. The molecule has 5 rings (SSSR count). The van der Waals surface area contributed by atoms with E-state index in [0.29, 0.717) is 18.9 Å². The monoisotopic (exact) mass is 321 g/mol. The molecule has 0 saturated heterocycles. The highest BCUT2D eigenvalue weighted by atomic mass is 16.2. The Kier molecular flexibility index (Phi) is 2.98. The molecule has 1 amide bonds. The van der Waals surface area contributed by atoms with Crippen LogP contribution < -0.4 is 0 Å². The Morgan fingerprint density at radius 1 is 1.29 bits per heavy atom. The van der Waals surface area contributed by atoms with Crippen molar-refractivity contribution >= 4 is 16.9 Å². The molecular formula is C18H19N5O. The van der Waals surface area contributed by atoms with Gasteiger partial charge < -0.3 is 14.9 Å². The number of imidazole rings is 2. The van der Waals surface area contributed by atoms with Crippen molar-refractivity contribution < 1.29 is 4.79 Å². The maximum absolute atomic E-state index is 12.8. The van der Waals surface area contributed by atoms with Crippen LogP contribution in [-0.4, -0.2) is 37.3 Å². The zero-order valence-corrected chi connectivity index (χ0v) is 13.3. The lowest BCUT2D eigenvalue weighted by molar-refractivity contribution is -0.133. The van der Waals surface area contributed by atoms with E-state index in [0.717, 1.165) is 34.7 Å². The number of aromatic amines is 2. The van der Waals surface area contributed by atoms with E-state index >= 15 is 0 Å². The fraction of sp³-hybridized carbons (Fsp3) is 0.389. The molecule has 3 aromatic rings. The first-order valence-electron chi connectivity index (χ1n) is 8.56. The number of hydrogen-bond donors (Lipinski definition) is 2. The molecule has 3 heterocycles. The number of para-hydroxylation sites is 2. The predicted molar refractivity (Wildman–Crippen MR) is 89.3 cm³/mol. The lowest BCUT2D eigenvalue weighted by Crippen LogP contribution is -2.41. The van der Waals surface area contributed by atoms with E-state index in [4.69, 9.17) is 4.98 Å². The van der Waals surface area contributed by atoms with E-state index < -0.39 is 0 Å². The molecule has 0 radical (unpaired) electrons. The second-order valence-corrected chi connectivity index (χ2v) is 6.79. The molecule has 1 aromatic carbocycles. The van der Waals surface area contributed by atoms with Gasteiger partial charge in [-0.05, 0) is 30.9 Å². The van der Waals surface area contributed by atoms with Crippen LogP contribution in [-0.2, 0) is 11.2 Å². The van der Waals surface area contributed by atoms with Crippen LogP contribution >= 0.6 is 0 Å². The second kappa shape index (κ2) is 5.19. The molecule has 2 N–H and O–H groups in total. The molecule has 122 valence electrons. The lowest BCUT2D eigenvalue weighted by atomic mass is 10.0. The summed E-state index contributed by atoms with van der Waals surface area (Å²) in [5.41, 5.74) is 3.94. The third-order valence-electron chi connectivity index (χ3n) is 5.07. The summed E-state index contributed by atoms with van der Waals surface area (Å²) in [5.74, 6) is 1.60. The van der Waals surface area contributed by atoms with Gasteiger partial charge in [-0.15, -0.1) is 0 Å². The third kappa shape index (κ3) is 2.21. The van der Waals surface area contributed by atoms with Gasteiger partial charge in [0, 0.05) is 25.1 Å². The summed E-state index contributed by atoms with van der Waals surface area (Å²) in [4.78, 5) is 30.6. The summed E-state index contributed by atoms with van der Waals surface area (Å²) in [6, 6.07) is 7.74. The van der Waals surface area contributed by atoms with Crippen LogP contribution in [0.2, 0.25) is 0 Å². The summed E-state index contributed by atoms with van der Waals surface area (Å²) in [5, 5.41) is 0. The van der Waals surface area contributed by atoms with Crippen molar-refractivity contribution in [1.82, 2.24) is 24.8 Å². The summed E-state index contributed by atoms with van der Waals surface area (Å²) in [6.45, 7) is 0.711. The molecule has 2 aromatic heterocycles. The SMILES string of the molecule is O=C(CC1CC1)N1CCc2[nH]cnc2C1c1nc2ccccc2[nH]1. The van der Waals surface area contributed by atoms with Gasteiger partial charge >= 0.3 is 0 Å². The molecular weight excluding hydrogens is 302 g/mol. The minimum Gasteiger partial charge on any atom is -0.348 e. The van der Waals surface area contributed by atoms with Crippen LogP contribution in [0.3, 0.4) is 0 Å². The highest BCUT2D eigenvalue weighted by Crippen LogP contribution is 2.37. The molecule has 6 nitrogen and oxygen atoms in total. The lowest BCUT2D eigenvalue weighted by Gasteiger charge is -2.34. The first kappa shape index (κ1) is 13.8. The van der Waals surface area contributed by atoms with E-state index in [1.54, 1.807) is 6.33 Å². The first-order valence-corrected chi connectivity index (χ1v) is 8.56. The Labute approximate surface area is 139 Å². The topological polar surface area (TPSA) is 77.7 Å². The predicted octanol–water partition coefficient (Wildman–Crippen LogP) is 2.56. The molecule has 24 heavy (non-hydrogen) atoms. The first-order chi connectivity index (χ1) is 11.8. The summed E-state index contributed by atoms with van der Waals surface area (Å²) in [6.07, 6.45) is 5.55. The van der Waals surface area contributed by atoms with Crippen LogP contribution in [0.15, 0.2) is 30.6 Å². The van der Waals surface area contributed by atoms with Gasteiger partial charge in [0.25, 0.3) is 0 Å². The van der Waals surface area contributed by atoms with Gasteiger partial charge in [0.15, 0.2) is 0 Å². The van der Waals surface area contributed by atoms with Crippen molar-refractivity contribution in [3.8, 4) is 0 Å². The minimum atomic E-state index is -0.223. The molecule has 2 aliphatic rings. The Morgan fingerprint density at radius 2 is 2.17 bits per heavy atom. The number of hydrogen-bond acceptors (Lipinski definition) is 3. The largest absolute Gasteiger partial charge is 0.348 e. The van der Waals surface area contributed by atoms with Gasteiger partial charge in [0.1, 0.15) is 11.9 Å². The molecule has 1 fully saturated rings. The van der Waals surface area contributed by atoms with Crippen molar-refractivity contribution in [3.63, 3.8) is 0 Å². The number of aromatic nitrogens is 4. The molecule has 1 atom stereocenters. The summed E-state index contributed by atoms with van der Waals surface area (Å²) >= 11 is 0. The van der Waals surface area contributed by atoms with Gasteiger partial charge in [-0.3, -0.25) is 4.79 Å². The Morgan fingerprint density at radius 3 is 3.00 bits per heavy atom. The number of carbonyl (C=O) groups is 1. The zero-order chi connectivity index (χ0) is 16.1. The van der Waals surface area contributed by atoms with Crippen molar-refractivity contribution in [2.45, 2.75) is 31.7 Å². The third-order valence-corrected chi connectivity index (χ3v) is 5.07. The minimum absolute atomic E-state index is 0.219. The number of amides is 1. The van der Waals surface area contributed by atoms with Gasteiger partial charge in [-0.25, -0.2) is 9.97 Å². The van der Waals surface area contributed by atoms with Crippen LogP contribution in [0.4, 0.5) is 0 Å². The smallest absolute Gasteiger partial charge is 0.223 e. The van der Waals surface area contributed by atoms with Crippen LogP contribution in [0.1, 0.15) is 42.5 Å². The van der Waals surface area contributed by atoms with Crippen LogP contribution in [0, 0.1) is 5.92 Å². The number of benzene rings is 1. The molecule has 1 saturated carbocycles. The summed E-state index contributed by atoms with van der Waals surface area (Å²) in [7, 11) is 0. The molecule has 1 aliphatic carbocycles. The van der Waals surface area contributed by atoms with Crippen molar-refractivity contribution in [3.05, 3.63) is 47.8 Å². The second-order valence-electron chi connectivity index (χ2n) is 6.79. The summed E-state index contributed by atoms with van der Waals surface area (Å²) < 4.78 is 0. The van der Waals surface area contributed by atoms with Gasteiger partial charge in [-0.2, -0.15) is 0 Å². The number of nitrogens with zero attached hydrogens (tertiary/aromatic N) is 3. The van der Waals surface area contributed by atoms with Crippen molar-refractivity contribution in [2.24, 2.45) is 5.92 Å². The quantitative estimate of drug-likeness (QED) is 0.778. The average Bonchev–Trinajstić information content (AvgIpc) is 3.12. The van der Waals surface area contributed by atoms with Gasteiger partial charge in [0.2, 0.25) is 5.91 Å². The zero-order valence-electron chi connectivity index (χ0n) is 13.3. The highest BCUT2D eigenvalue weighted by molar-refractivity contribution is 5.79. The Hall–Kier alpha value is -2.63. The number of rotatable bonds is 3. The molecule has 6 heteroatoms. The molecule has 1 aliphatic heterocycles. The fourth-order valence-electron chi connectivity index (χ4n) is 3.61. The number of fused-ring (bicyclic) bond motifs is 2. The Bertz CT molecular complexity index is 874. The maximum Gasteiger partial charge on any atom is 0.223 e. The standard InChI is InChI=1S/C18H19N5O/c24-15(9-11-5-6-11)23-8-7-14-16(20-10-19-14)17(23)18-21-12-3-1-2-4-13(12)22-18/h1-4,10-11,17H,5-9H2,(H,19,20)(H,21,22). The molecule has 0 spiro atoms. The number of H-pyrrole nitrogens is 2. The van der Waals surface area contributed by atoms with Crippen LogP contribution in [0.5, 0.6) is 0 Å². The van der Waals surface area contributed by atoms with Gasteiger partial charge in [0.05, 0.1) is 23.1 Å². The molecule has 1 unspecified atom stereocenters. The normalized spacial score (nSPS) is 20.3. The van der Waals surface area contributed by atoms with E-state index in [2.05, 4.69) is 15.0 Å². The van der Waals surface area contributed by atoms with E-state index in [1.165, 1.54) is 12.8 Å². The fourth-order valence-corrected chi connectivity index (χ4v) is 3.61. The number of carbonyl (C=O) groups excluding carboxylic acids is 1. The van der Waals surface area contributed by atoms with Crippen molar-refractivity contribution in [1.29, 1.82) is 0 Å². The molecule has 0 bridgehead atoms. The van der Waals surface area contributed by atoms with Gasteiger partial charge in [-0.1, -0.05) is 12.1 Å². The highest BCUT2D eigenvalue weighted by Gasteiger charge is 2.37. The van der Waals surface area contributed by atoms with Crippen LogP contribution in [0.25, 0.3) is 11.0 Å². The van der Waals surface area contributed by atoms with E-state index in [-0.39, 0.29) is 11.9 Å². The van der Waals surface area contributed by atoms with E-state index in [1.807, 2.05) is 29.2 Å².